The van der Waals surface area contributed by atoms with Crippen molar-refractivity contribution in [2.75, 3.05) is 12.8 Å². The van der Waals surface area contributed by atoms with E-state index in [1.165, 1.54) is 16.7 Å². The van der Waals surface area contributed by atoms with Crippen LogP contribution in [0.15, 0.2) is 36.4 Å². The summed E-state index contributed by atoms with van der Waals surface area (Å²) in [5.41, 5.74) is 10.6. The van der Waals surface area contributed by atoms with E-state index in [4.69, 9.17) is 28.9 Å². The molecule has 1 unspecified atom stereocenters. The summed E-state index contributed by atoms with van der Waals surface area (Å²) < 4.78 is 0. The molecule has 0 fully saturated rings. The molecule has 0 amide bonds. The summed E-state index contributed by atoms with van der Waals surface area (Å²) >= 11 is 12.2. The molecule has 0 heterocycles. The number of nitrogens with one attached hydrogen (secondary N) is 1. The molecule has 0 aromatic heterocycles. The molecular formula is C17H18Cl2N2. The van der Waals surface area contributed by atoms with Crippen LogP contribution in [0, 0.1) is 0 Å². The SMILES string of the molecule is CN[C@H]1CCC(c2ccc(Cl)c(Cl)c2)c2ccc(N)cc21. The van der Waals surface area contributed by atoms with E-state index in [0.717, 1.165) is 18.5 Å². The summed E-state index contributed by atoms with van der Waals surface area (Å²) in [6.45, 7) is 0. The minimum absolute atomic E-state index is 0.347. The molecule has 1 aliphatic carbocycles. The zero-order valence-corrected chi connectivity index (χ0v) is 13.4. The number of nitrogen functional groups attached to an aromatic ring is 1. The second-order valence-corrected chi connectivity index (χ2v) is 6.35. The van der Waals surface area contributed by atoms with Crippen LogP contribution in [0.2, 0.25) is 10.0 Å². The standard InChI is InChI=1S/C17H18Cl2N2/c1-21-17-7-5-12(10-2-6-15(18)16(19)8-10)13-4-3-11(20)9-14(13)17/h2-4,6,8-9,12,17,21H,5,7,20H2,1H3/t12?,17-/m0/s1. The Hall–Kier alpha value is -1.22. The third kappa shape index (κ3) is 2.76. The summed E-state index contributed by atoms with van der Waals surface area (Å²) in [5.74, 6) is 0.347. The lowest BCUT2D eigenvalue weighted by Gasteiger charge is -2.32. The number of benzene rings is 2. The fourth-order valence-corrected chi connectivity index (χ4v) is 3.54. The number of anilines is 1. The van der Waals surface area contributed by atoms with E-state index in [0.29, 0.717) is 22.0 Å². The Morgan fingerprint density at radius 1 is 1.00 bits per heavy atom. The minimum atomic E-state index is 0.347. The molecule has 0 spiro atoms. The van der Waals surface area contributed by atoms with E-state index < -0.39 is 0 Å². The number of rotatable bonds is 2. The first-order valence-electron chi connectivity index (χ1n) is 7.11. The molecule has 0 aliphatic heterocycles. The van der Waals surface area contributed by atoms with Gasteiger partial charge in [-0.2, -0.15) is 0 Å². The predicted octanol–water partition coefficient (Wildman–Crippen LogP) is 4.76. The maximum atomic E-state index is 6.18. The minimum Gasteiger partial charge on any atom is -0.399 e. The molecule has 2 aromatic carbocycles. The number of nitrogens with two attached hydrogens (primary N) is 1. The van der Waals surface area contributed by atoms with E-state index in [9.17, 15) is 0 Å². The van der Waals surface area contributed by atoms with Crippen molar-refractivity contribution in [3.8, 4) is 0 Å². The van der Waals surface area contributed by atoms with Crippen molar-refractivity contribution < 1.29 is 0 Å². The number of halogens is 2. The molecule has 2 atom stereocenters. The lowest BCUT2D eigenvalue weighted by molar-refractivity contribution is 0.471. The number of fused-ring (bicyclic) bond motifs is 1. The Kier molecular flexibility index (Phi) is 4.12. The van der Waals surface area contributed by atoms with Gasteiger partial charge in [0, 0.05) is 17.6 Å². The van der Waals surface area contributed by atoms with E-state index in [-0.39, 0.29) is 0 Å². The van der Waals surface area contributed by atoms with Crippen molar-refractivity contribution in [1.82, 2.24) is 5.32 Å². The van der Waals surface area contributed by atoms with Gasteiger partial charge >= 0.3 is 0 Å². The highest BCUT2D eigenvalue weighted by Gasteiger charge is 2.27. The Balaban J connectivity index is 2.07. The van der Waals surface area contributed by atoms with Crippen LogP contribution in [0.1, 0.15) is 41.5 Å². The lowest BCUT2D eigenvalue weighted by atomic mass is 9.76. The highest BCUT2D eigenvalue weighted by Crippen LogP contribution is 2.42. The molecule has 1 aliphatic rings. The summed E-state index contributed by atoms with van der Waals surface area (Å²) in [7, 11) is 2.00. The van der Waals surface area contributed by atoms with Crippen molar-refractivity contribution in [3.63, 3.8) is 0 Å². The molecular weight excluding hydrogens is 303 g/mol. The third-order valence-corrected chi connectivity index (χ3v) is 5.04. The highest BCUT2D eigenvalue weighted by molar-refractivity contribution is 6.42. The maximum absolute atomic E-state index is 6.18. The zero-order chi connectivity index (χ0) is 15.0. The first-order valence-corrected chi connectivity index (χ1v) is 7.87. The van der Waals surface area contributed by atoms with Gasteiger partial charge in [0.25, 0.3) is 0 Å². The predicted molar refractivity (Wildman–Crippen MR) is 90.2 cm³/mol. The normalized spacial score (nSPS) is 21.1. The van der Waals surface area contributed by atoms with Gasteiger partial charge < -0.3 is 11.1 Å². The largest absolute Gasteiger partial charge is 0.399 e. The molecule has 21 heavy (non-hydrogen) atoms. The Bertz CT molecular complexity index is 670. The van der Waals surface area contributed by atoms with Crippen molar-refractivity contribution in [1.29, 1.82) is 0 Å². The van der Waals surface area contributed by atoms with Gasteiger partial charge in [0.2, 0.25) is 0 Å². The topological polar surface area (TPSA) is 38.0 Å². The summed E-state index contributed by atoms with van der Waals surface area (Å²) in [4.78, 5) is 0. The maximum Gasteiger partial charge on any atom is 0.0595 e. The lowest BCUT2D eigenvalue weighted by Crippen LogP contribution is -2.24. The van der Waals surface area contributed by atoms with Crippen molar-refractivity contribution >= 4 is 28.9 Å². The van der Waals surface area contributed by atoms with Gasteiger partial charge in [-0.15, -0.1) is 0 Å². The van der Waals surface area contributed by atoms with Crippen molar-refractivity contribution in [2.24, 2.45) is 0 Å². The summed E-state index contributed by atoms with van der Waals surface area (Å²) in [5, 5.41) is 4.59. The molecule has 3 rings (SSSR count). The van der Waals surface area contributed by atoms with Gasteiger partial charge in [-0.05, 0) is 60.8 Å². The second-order valence-electron chi connectivity index (χ2n) is 5.53. The second kappa shape index (κ2) is 5.88. The van der Waals surface area contributed by atoms with Gasteiger partial charge in [0.05, 0.1) is 10.0 Å². The molecule has 0 bridgehead atoms. The molecule has 110 valence electrons. The van der Waals surface area contributed by atoms with E-state index in [2.05, 4.69) is 23.5 Å². The average molecular weight is 321 g/mol. The molecule has 0 radical (unpaired) electrons. The van der Waals surface area contributed by atoms with E-state index in [1.807, 2.05) is 25.2 Å². The fraction of sp³-hybridized carbons (Fsp3) is 0.294. The van der Waals surface area contributed by atoms with Gasteiger partial charge in [-0.3, -0.25) is 0 Å². The molecule has 2 aromatic rings. The molecule has 0 saturated heterocycles. The van der Waals surface area contributed by atoms with Crippen LogP contribution in [0.4, 0.5) is 5.69 Å². The van der Waals surface area contributed by atoms with Crippen LogP contribution in [0.5, 0.6) is 0 Å². The van der Waals surface area contributed by atoms with Crippen LogP contribution in [-0.2, 0) is 0 Å². The van der Waals surface area contributed by atoms with Crippen molar-refractivity contribution in [3.05, 3.63) is 63.1 Å². The molecule has 0 saturated carbocycles. The third-order valence-electron chi connectivity index (χ3n) is 4.30. The van der Waals surface area contributed by atoms with Gasteiger partial charge in [0.15, 0.2) is 0 Å². The Labute approximate surface area is 135 Å². The average Bonchev–Trinajstić information content (AvgIpc) is 2.49. The fourth-order valence-electron chi connectivity index (χ4n) is 3.23. The van der Waals surface area contributed by atoms with Crippen molar-refractivity contribution in [2.45, 2.75) is 24.8 Å². The van der Waals surface area contributed by atoms with E-state index in [1.54, 1.807) is 0 Å². The van der Waals surface area contributed by atoms with Crippen LogP contribution < -0.4 is 11.1 Å². The number of hydrogen-bond acceptors (Lipinski definition) is 2. The first-order chi connectivity index (χ1) is 10.1. The number of hydrogen-bond donors (Lipinski definition) is 2. The van der Waals surface area contributed by atoms with Crippen LogP contribution in [-0.4, -0.2) is 7.05 Å². The quantitative estimate of drug-likeness (QED) is 0.783. The molecule has 3 N–H and O–H groups in total. The summed E-state index contributed by atoms with van der Waals surface area (Å²) in [6.07, 6.45) is 2.16. The van der Waals surface area contributed by atoms with Gasteiger partial charge in [0.1, 0.15) is 0 Å². The summed E-state index contributed by atoms with van der Waals surface area (Å²) in [6, 6.07) is 12.5. The first kappa shape index (κ1) is 14.7. The van der Waals surface area contributed by atoms with E-state index >= 15 is 0 Å². The molecule has 4 heteroatoms. The smallest absolute Gasteiger partial charge is 0.0595 e. The van der Waals surface area contributed by atoms with Crippen LogP contribution >= 0.6 is 23.2 Å². The Morgan fingerprint density at radius 3 is 2.52 bits per heavy atom. The highest BCUT2D eigenvalue weighted by atomic mass is 35.5. The van der Waals surface area contributed by atoms with Gasteiger partial charge in [-0.1, -0.05) is 35.3 Å². The zero-order valence-electron chi connectivity index (χ0n) is 11.9. The molecule has 2 nitrogen and oxygen atoms in total. The van der Waals surface area contributed by atoms with Gasteiger partial charge in [-0.25, -0.2) is 0 Å². The Morgan fingerprint density at radius 2 is 1.81 bits per heavy atom. The van der Waals surface area contributed by atoms with Crippen LogP contribution in [0.25, 0.3) is 0 Å². The monoisotopic (exact) mass is 320 g/mol. The van der Waals surface area contributed by atoms with Crippen LogP contribution in [0.3, 0.4) is 0 Å².